The van der Waals surface area contributed by atoms with Crippen molar-refractivity contribution in [2.75, 3.05) is 6.54 Å². The highest BCUT2D eigenvalue weighted by atomic mass is 16.6. The minimum atomic E-state index is -1.34. The first-order valence-corrected chi connectivity index (χ1v) is 16.3. The highest BCUT2D eigenvalue weighted by Gasteiger charge is 2.39. The number of hydrogen-bond donors (Lipinski definition) is 2. The van der Waals surface area contributed by atoms with E-state index in [2.05, 4.69) is 10.6 Å². The number of nitrogens with one attached hydrogen (secondary N) is 2. The quantitative estimate of drug-likeness (QED) is 0.181. The first-order chi connectivity index (χ1) is 23.0. The van der Waals surface area contributed by atoms with Gasteiger partial charge in [-0.2, -0.15) is 5.26 Å². The van der Waals surface area contributed by atoms with Crippen molar-refractivity contribution in [1.82, 2.24) is 15.5 Å². The largest absolute Gasteiger partial charge is 0.458 e. The maximum absolute atomic E-state index is 14.6. The van der Waals surface area contributed by atoms with Crippen LogP contribution in [0.3, 0.4) is 0 Å². The lowest BCUT2D eigenvalue weighted by molar-refractivity contribution is -0.159. The number of carbonyl (C=O) groups excluding carboxylic acids is 4. The lowest BCUT2D eigenvalue weighted by atomic mass is 9.94. The van der Waals surface area contributed by atoms with Crippen LogP contribution in [-0.2, 0) is 36.7 Å². The number of ether oxygens (including phenoxy) is 2. The van der Waals surface area contributed by atoms with E-state index < -0.39 is 59.7 Å². The van der Waals surface area contributed by atoms with Crippen molar-refractivity contribution in [3.63, 3.8) is 0 Å². The molecular formula is C39H48N4O6. The van der Waals surface area contributed by atoms with Gasteiger partial charge in [0.1, 0.15) is 35.9 Å². The Morgan fingerprint density at radius 3 is 1.78 bits per heavy atom. The van der Waals surface area contributed by atoms with Gasteiger partial charge in [0, 0.05) is 12.8 Å². The fraction of sp³-hybridized carbons (Fsp3) is 0.410. The molecule has 0 saturated carbocycles. The maximum Gasteiger partial charge on any atom is 0.408 e. The molecule has 0 fully saturated rings. The molecule has 49 heavy (non-hydrogen) atoms. The van der Waals surface area contributed by atoms with Crippen molar-refractivity contribution in [3.05, 3.63) is 107 Å². The number of benzene rings is 3. The van der Waals surface area contributed by atoms with Crippen LogP contribution in [0.25, 0.3) is 0 Å². The monoisotopic (exact) mass is 668 g/mol. The van der Waals surface area contributed by atoms with Crippen LogP contribution in [0, 0.1) is 25.2 Å². The van der Waals surface area contributed by atoms with Crippen molar-refractivity contribution in [2.24, 2.45) is 0 Å². The Morgan fingerprint density at radius 2 is 1.27 bits per heavy atom. The van der Waals surface area contributed by atoms with Crippen LogP contribution < -0.4 is 10.6 Å². The summed E-state index contributed by atoms with van der Waals surface area (Å²) < 4.78 is 11.2. The van der Waals surface area contributed by atoms with Crippen molar-refractivity contribution >= 4 is 23.9 Å². The third-order valence-electron chi connectivity index (χ3n) is 7.59. The molecule has 0 aliphatic heterocycles. The molecule has 0 aromatic heterocycles. The van der Waals surface area contributed by atoms with Crippen LogP contribution in [-0.4, -0.2) is 58.6 Å². The Morgan fingerprint density at radius 1 is 0.735 bits per heavy atom. The molecule has 3 rings (SSSR count). The zero-order chi connectivity index (χ0) is 36.4. The summed E-state index contributed by atoms with van der Waals surface area (Å²) in [6.45, 7) is 13.6. The summed E-state index contributed by atoms with van der Waals surface area (Å²) >= 11 is 0. The van der Waals surface area contributed by atoms with E-state index >= 15 is 0 Å². The number of hydrogen-bond acceptors (Lipinski definition) is 7. The van der Waals surface area contributed by atoms with Crippen molar-refractivity contribution in [3.8, 4) is 6.07 Å². The Kier molecular flexibility index (Phi) is 13.1. The molecule has 0 radical (unpaired) electrons. The second-order valence-electron chi connectivity index (χ2n) is 14.0. The molecule has 2 N–H and O–H groups in total. The lowest BCUT2D eigenvalue weighted by Gasteiger charge is -2.34. The zero-order valence-corrected chi connectivity index (χ0v) is 29.7. The Balaban J connectivity index is 2.12. The molecule has 260 valence electrons. The fourth-order valence-electron chi connectivity index (χ4n) is 5.26. The van der Waals surface area contributed by atoms with E-state index in [-0.39, 0.29) is 12.8 Å². The van der Waals surface area contributed by atoms with Crippen molar-refractivity contribution in [1.29, 1.82) is 5.26 Å². The first-order valence-electron chi connectivity index (χ1n) is 16.3. The molecule has 10 nitrogen and oxygen atoms in total. The number of nitriles is 1. The van der Waals surface area contributed by atoms with Crippen LogP contribution in [0.2, 0.25) is 0 Å². The maximum atomic E-state index is 14.6. The smallest absolute Gasteiger partial charge is 0.408 e. The molecule has 10 heteroatoms. The van der Waals surface area contributed by atoms with E-state index in [0.29, 0.717) is 5.56 Å². The molecule has 0 bridgehead atoms. The van der Waals surface area contributed by atoms with E-state index in [1.54, 1.807) is 53.7 Å². The van der Waals surface area contributed by atoms with Gasteiger partial charge in [-0.1, -0.05) is 78.9 Å². The summed E-state index contributed by atoms with van der Waals surface area (Å²) in [6, 6.07) is 22.0. The van der Waals surface area contributed by atoms with Crippen LogP contribution in [0.4, 0.5) is 4.79 Å². The average Bonchev–Trinajstić information content (AvgIpc) is 3.01. The fourth-order valence-corrected chi connectivity index (χ4v) is 5.26. The summed E-state index contributed by atoms with van der Waals surface area (Å²) in [7, 11) is 0. The van der Waals surface area contributed by atoms with E-state index in [4.69, 9.17) is 9.47 Å². The SMILES string of the molecule is Cc1cccc(C(C(=O)NC(Cc2ccccc2)C(=O)OC(C)(C)C)N(CC#N)C(=O)C(Cc2ccccc2)NC(=O)OC(C)(C)C)c1C. The van der Waals surface area contributed by atoms with Gasteiger partial charge in [0.2, 0.25) is 11.8 Å². The minimum Gasteiger partial charge on any atom is -0.458 e. The summed E-state index contributed by atoms with van der Waals surface area (Å²) in [6.07, 6.45) is -0.625. The summed E-state index contributed by atoms with van der Waals surface area (Å²) in [5.74, 6) is -2.00. The van der Waals surface area contributed by atoms with Crippen LogP contribution in [0.15, 0.2) is 78.9 Å². The number of nitrogens with zero attached hydrogens (tertiary/aromatic N) is 2. The van der Waals surface area contributed by atoms with E-state index in [9.17, 15) is 24.4 Å². The second kappa shape index (κ2) is 16.8. The van der Waals surface area contributed by atoms with Gasteiger partial charge in [0.25, 0.3) is 0 Å². The molecule has 0 spiro atoms. The normalized spacial score (nSPS) is 13.2. The predicted molar refractivity (Wildman–Crippen MR) is 187 cm³/mol. The lowest BCUT2D eigenvalue weighted by Crippen LogP contribution is -2.55. The molecule has 3 unspecified atom stereocenters. The molecular weight excluding hydrogens is 620 g/mol. The summed E-state index contributed by atoms with van der Waals surface area (Å²) in [4.78, 5) is 56.8. The second-order valence-corrected chi connectivity index (χ2v) is 14.0. The van der Waals surface area contributed by atoms with Gasteiger partial charge in [-0.25, -0.2) is 9.59 Å². The number of alkyl carbamates (subject to hydrolysis) is 1. The average molecular weight is 669 g/mol. The predicted octanol–water partition coefficient (Wildman–Crippen LogP) is 5.90. The van der Waals surface area contributed by atoms with Gasteiger partial charge in [0.15, 0.2) is 0 Å². The molecule has 0 saturated heterocycles. The Bertz CT molecular complexity index is 1640. The zero-order valence-electron chi connectivity index (χ0n) is 29.7. The third-order valence-corrected chi connectivity index (χ3v) is 7.59. The number of aryl methyl sites for hydroxylation is 1. The Labute approximate surface area is 289 Å². The number of amides is 3. The van der Waals surface area contributed by atoms with Crippen LogP contribution >= 0.6 is 0 Å². The topological polar surface area (TPSA) is 138 Å². The van der Waals surface area contributed by atoms with Crippen LogP contribution in [0.1, 0.15) is 75.4 Å². The minimum absolute atomic E-state index is 0.0660. The highest BCUT2D eigenvalue weighted by molar-refractivity contribution is 5.94. The van der Waals surface area contributed by atoms with Crippen molar-refractivity contribution < 1.29 is 28.7 Å². The Hall–Kier alpha value is -5.17. The summed E-state index contributed by atoms with van der Waals surface area (Å²) in [5.41, 5.74) is 1.93. The van der Waals surface area contributed by atoms with Gasteiger partial charge >= 0.3 is 12.1 Å². The molecule has 3 atom stereocenters. The summed E-state index contributed by atoms with van der Waals surface area (Å²) in [5, 5.41) is 15.6. The third kappa shape index (κ3) is 11.8. The van der Waals surface area contributed by atoms with E-state index in [1.807, 2.05) is 86.6 Å². The van der Waals surface area contributed by atoms with Crippen LogP contribution in [0.5, 0.6) is 0 Å². The standard InChI is InChI=1S/C39H48N4O6/c1-26-16-15-21-30(27(26)2)33(34(44)41-32(36(46)48-38(3,4)5)25-29-19-13-10-14-20-29)43(23-22-40)35(45)31(24-28-17-11-9-12-18-28)42-37(47)49-39(6,7)8/h9-21,31-33H,23-25H2,1-8H3,(H,41,44)(H,42,47). The van der Waals surface area contributed by atoms with Crippen molar-refractivity contribution in [2.45, 2.75) is 97.6 Å². The van der Waals surface area contributed by atoms with E-state index in [0.717, 1.165) is 27.2 Å². The van der Waals surface area contributed by atoms with E-state index in [1.165, 1.54) is 0 Å². The molecule has 0 aliphatic rings. The van der Waals surface area contributed by atoms with Gasteiger partial charge < -0.3 is 25.0 Å². The molecule has 0 aliphatic carbocycles. The number of esters is 1. The number of carbonyl (C=O) groups is 4. The number of rotatable bonds is 12. The molecule has 3 amide bonds. The van der Waals surface area contributed by atoms with Gasteiger partial charge in [-0.05, 0) is 83.2 Å². The van der Waals surface area contributed by atoms with Gasteiger partial charge in [-0.3, -0.25) is 9.59 Å². The highest BCUT2D eigenvalue weighted by Crippen LogP contribution is 2.28. The molecule has 3 aromatic rings. The van der Waals surface area contributed by atoms with Gasteiger partial charge in [-0.15, -0.1) is 0 Å². The molecule has 0 heterocycles. The first kappa shape index (κ1) is 38.3. The van der Waals surface area contributed by atoms with Gasteiger partial charge in [0.05, 0.1) is 6.07 Å². The molecule has 3 aromatic carbocycles.